The lowest BCUT2D eigenvalue weighted by molar-refractivity contribution is 0.601. The Morgan fingerprint density at radius 2 is 1.31 bits per heavy atom. The van der Waals surface area contributed by atoms with E-state index in [0.29, 0.717) is 0 Å². The highest BCUT2D eigenvalue weighted by Crippen LogP contribution is 2.53. The van der Waals surface area contributed by atoms with Crippen molar-refractivity contribution in [2.75, 3.05) is 7.05 Å². The normalized spacial score (nSPS) is 16.6. The average Bonchev–Trinajstić information content (AvgIpc) is 3.29. The highest BCUT2D eigenvalue weighted by atomic mass is 15.2. The molecule has 1 aliphatic heterocycles. The number of allylic oxidation sites excluding steroid dienone is 3. The number of benzene rings is 5. The molecular weight excluding hydrogens is 546 g/mol. The molecule has 1 aromatic heterocycles. The Balaban J connectivity index is 1.42. The van der Waals surface area contributed by atoms with E-state index in [4.69, 9.17) is 9.98 Å². The Bertz CT molecular complexity index is 2280. The zero-order chi connectivity index (χ0) is 30.9. The summed E-state index contributed by atoms with van der Waals surface area (Å²) in [6, 6.07) is 41.5. The van der Waals surface area contributed by atoms with Crippen LogP contribution in [0.2, 0.25) is 0 Å². The Kier molecular flexibility index (Phi) is 6.15. The lowest BCUT2D eigenvalue weighted by atomic mass is 9.84. The van der Waals surface area contributed by atoms with Crippen molar-refractivity contribution in [3.05, 3.63) is 161 Å². The van der Waals surface area contributed by atoms with Gasteiger partial charge in [-0.1, -0.05) is 111 Å². The standard InChI is InChI=1S/C42H35N3/c1-26-24-29-14-6-7-15-30(29)25-35(26)32-19-9-8-18-31(32)27(2)39-37-33-20-10-11-22-36(33)42(3,4)40(37)44-41(45(39)5)34-21-12-16-28-17-13-23-43-38(28)34/h6-25H,1-5H3/b39-27+. The zero-order valence-electron chi connectivity index (χ0n) is 26.4. The van der Waals surface area contributed by atoms with E-state index in [0.717, 1.165) is 28.0 Å². The van der Waals surface area contributed by atoms with Gasteiger partial charge in [0, 0.05) is 35.2 Å². The second-order valence-corrected chi connectivity index (χ2v) is 12.8. The smallest absolute Gasteiger partial charge is 0.142 e. The van der Waals surface area contributed by atoms with Gasteiger partial charge in [-0.05, 0) is 81.8 Å². The molecule has 3 heteroatoms. The van der Waals surface area contributed by atoms with Crippen LogP contribution >= 0.6 is 0 Å². The summed E-state index contributed by atoms with van der Waals surface area (Å²) in [5.74, 6) is 0.924. The number of hydrogen-bond acceptors (Lipinski definition) is 3. The molecule has 0 unspecified atom stereocenters. The van der Waals surface area contributed by atoms with Crippen molar-refractivity contribution < 1.29 is 0 Å². The van der Waals surface area contributed by atoms with E-state index in [9.17, 15) is 0 Å². The first-order valence-electron chi connectivity index (χ1n) is 15.7. The average molecular weight is 582 g/mol. The van der Waals surface area contributed by atoms with Crippen LogP contribution < -0.4 is 0 Å². The highest BCUT2D eigenvalue weighted by Gasteiger charge is 2.43. The summed E-state index contributed by atoms with van der Waals surface area (Å²) < 4.78 is 0. The summed E-state index contributed by atoms with van der Waals surface area (Å²) in [7, 11) is 2.17. The van der Waals surface area contributed by atoms with Crippen LogP contribution in [0.15, 0.2) is 138 Å². The molecule has 0 amide bonds. The largest absolute Gasteiger partial charge is 0.328 e. The maximum absolute atomic E-state index is 5.52. The van der Waals surface area contributed by atoms with Gasteiger partial charge in [0.2, 0.25) is 0 Å². The number of para-hydroxylation sites is 1. The molecule has 0 saturated heterocycles. The van der Waals surface area contributed by atoms with Gasteiger partial charge >= 0.3 is 0 Å². The van der Waals surface area contributed by atoms with Gasteiger partial charge in [-0.15, -0.1) is 0 Å². The van der Waals surface area contributed by atoms with E-state index in [2.05, 4.69) is 149 Å². The second kappa shape index (κ2) is 10.1. The number of fused-ring (bicyclic) bond motifs is 4. The predicted molar refractivity (Wildman–Crippen MR) is 189 cm³/mol. The molecule has 0 N–H and O–H groups in total. The van der Waals surface area contributed by atoms with E-state index in [-0.39, 0.29) is 5.41 Å². The SMILES string of the molecule is C/C(=C1/C2=C(N=C(c3cccc4cccnc34)N1C)C(C)(C)c1ccccc12)c1ccccc1-c1cc2ccccc2cc1C. The number of aryl methyl sites for hydroxylation is 1. The third kappa shape index (κ3) is 4.11. The molecule has 8 rings (SSSR count). The van der Waals surface area contributed by atoms with Crippen LogP contribution in [-0.4, -0.2) is 22.8 Å². The van der Waals surface area contributed by atoms with Crippen LogP contribution in [0.5, 0.6) is 0 Å². The number of amidine groups is 1. The van der Waals surface area contributed by atoms with Crippen molar-refractivity contribution in [1.29, 1.82) is 0 Å². The quantitative estimate of drug-likeness (QED) is 0.208. The van der Waals surface area contributed by atoms with E-state index < -0.39 is 0 Å². The fourth-order valence-corrected chi connectivity index (χ4v) is 7.49. The molecular formula is C42H35N3. The number of pyridine rings is 1. The molecule has 218 valence electrons. The van der Waals surface area contributed by atoms with Crippen LogP contribution in [0, 0.1) is 6.92 Å². The van der Waals surface area contributed by atoms with Crippen LogP contribution in [0.3, 0.4) is 0 Å². The van der Waals surface area contributed by atoms with Crippen molar-refractivity contribution in [2.45, 2.75) is 33.1 Å². The first-order chi connectivity index (χ1) is 21.8. The van der Waals surface area contributed by atoms with Crippen LogP contribution in [-0.2, 0) is 5.41 Å². The van der Waals surface area contributed by atoms with Gasteiger partial charge in [-0.2, -0.15) is 0 Å². The van der Waals surface area contributed by atoms with Crippen LogP contribution in [0.1, 0.15) is 48.6 Å². The molecule has 0 radical (unpaired) electrons. The van der Waals surface area contributed by atoms with Gasteiger partial charge in [-0.3, -0.25) is 4.98 Å². The molecule has 1 aliphatic carbocycles. The van der Waals surface area contributed by atoms with E-state index in [1.54, 1.807) is 0 Å². The highest BCUT2D eigenvalue weighted by molar-refractivity contribution is 6.14. The van der Waals surface area contributed by atoms with Gasteiger partial charge in [-0.25, -0.2) is 4.99 Å². The number of nitrogens with zero attached hydrogens (tertiary/aromatic N) is 3. The van der Waals surface area contributed by atoms with Crippen LogP contribution in [0.25, 0.3) is 43.9 Å². The molecule has 0 spiro atoms. The third-order valence-corrected chi connectivity index (χ3v) is 9.75. The van der Waals surface area contributed by atoms with E-state index >= 15 is 0 Å². The molecule has 5 aromatic carbocycles. The molecule has 0 saturated carbocycles. The molecule has 6 aromatic rings. The lowest BCUT2D eigenvalue weighted by Gasteiger charge is -2.34. The lowest BCUT2D eigenvalue weighted by Crippen LogP contribution is -2.33. The molecule has 0 fully saturated rings. The summed E-state index contributed by atoms with van der Waals surface area (Å²) in [4.78, 5) is 12.7. The van der Waals surface area contributed by atoms with Crippen molar-refractivity contribution in [3.8, 4) is 11.1 Å². The van der Waals surface area contributed by atoms with Gasteiger partial charge in [0.05, 0.1) is 16.9 Å². The maximum atomic E-state index is 5.52. The number of likely N-dealkylation sites (N-methyl/N-ethyl adjacent to an activating group) is 1. The summed E-state index contributed by atoms with van der Waals surface area (Å²) in [5, 5.41) is 3.63. The minimum absolute atomic E-state index is 0.254. The third-order valence-electron chi connectivity index (χ3n) is 9.75. The Labute approximate surface area is 264 Å². The Morgan fingerprint density at radius 1 is 0.667 bits per heavy atom. The molecule has 45 heavy (non-hydrogen) atoms. The summed E-state index contributed by atoms with van der Waals surface area (Å²) >= 11 is 0. The maximum Gasteiger partial charge on any atom is 0.142 e. The molecule has 0 atom stereocenters. The Hall–Kier alpha value is -5.28. The minimum atomic E-state index is -0.254. The molecule has 0 bridgehead atoms. The van der Waals surface area contributed by atoms with E-state index in [1.807, 2.05) is 12.3 Å². The molecule has 2 aliphatic rings. The van der Waals surface area contributed by atoms with Crippen molar-refractivity contribution >= 4 is 38.7 Å². The predicted octanol–water partition coefficient (Wildman–Crippen LogP) is 10.2. The van der Waals surface area contributed by atoms with Gasteiger partial charge < -0.3 is 4.90 Å². The summed E-state index contributed by atoms with van der Waals surface area (Å²) in [6.07, 6.45) is 1.87. The number of rotatable bonds is 3. The summed E-state index contributed by atoms with van der Waals surface area (Å²) in [5.41, 5.74) is 14.1. The van der Waals surface area contributed by atoms with Gasteiger partial charge in [0.15, 0.2) is 0 Å². The van der Waals surface area contributed by atoms with Gasteiger partial charge in [0.25, 0.3) is 0 Å². The topological polar surface area (TPSA) is 28.5 Å². The van der Waals surface area contributed by atoms with Crippen LogP contribution in [0.4, 0.5) is 0 Å². The Morgan fingerprint density at radius 3 is 2.13 bits per heavy atom. The number of hydrogen-bond donors (Lipinski definition) is 0. The number of aromatic nitrogens is 1. The molecule has 3 nitrogen and oxygen atoms in total. The first-order valence-corrected chi connectivity index (χ1v) is 15.7. The monoisotopic (exact) mass is 581 g/mol. The second-order valence-electron chi connectivity index (χ2n) is 12.8. The zero-order valence-corrected chi connectivity index (χ0v) is 26.4. The fourth-order valence-electron chi connectivity index (χ4n) is 7.49. The summed E-state index contributed by atoms with van der Waals surface area (Å²) in [6.45, 7) is 9.12. The first kappa shape index (κ1) is 27.3. The van der Waals surface area contributed by atoms with E-state index in [1.165, 1.54) is 61.0 Å². The van der Waals surface area contributed by atoms with Gasteiger partial charge in [0.1, 0.15) is 5.84 Å². The van der Waals surface area contributed by atoms with Crippen molar-refractivity contribution in [3.63, 3.8) is 0 Å². The fraction of sp³-hybridized carbons (Fsp3) is 0.143. The van der Waals surface area contributed by atoms with Crippen molar-refractivity contribution in [1.82, 2.24) is 9.88 Å². The van der Waals surface area contributed by atoms with Crippen molar-refractivity contribution in [2.24, 2.45) is 4.99 Å². The molecule has 2 heterocycles. The minimum Gasteiger partial charge on any atom is -0.328 e. The number of aliphatic imine (C=N–C) groups is 1.